The van der Waals surface area contributed by atoms with Crippen LogP contribution in [-0.4, -0.2) is 0 Å². The number of furan rings is 2. The Bertz CT molecular complexity index is 3070. The van der Waals surface area contributed by atoms with Crippen LogP contribution in [0.5, 0.6) is 0 Å². The Morgan fingerprint density at radius 2 is 1.23 bits per heavy atom. The summed E-state index contributed by atoms with van der Waals surface area (Å²) in [6, 6.07) is 57.6. The molecule has 0 fully saturated rings. The maximum Gasteiger partial charge on any atom is 0.136 e. The summed E-state index contributed by atoms with van der Waals surface area (Å²) in [6.07, 6.45) is 5.53. The molecule has 56 heavy (non-hydrogen) atoms. The first-order valence-corrected chi connectivity index (χ1v) is 20.2. The third-order valence-electron chi connectivity index (χ3n) is 12.7. The molecule has 2 unspecified atom stereocenters. The lowest BCUT2D eigenvalue weighted by Crippen LogP contribution is -2.15. The molecular formula is C54H42O2. The predicted octanol–water partition coefficient (Wildman–Crippen LogP) is 15.5. The van der Waals surface area contributed by atoms with E-state index in [0.29, 0.717) is 5.92 Å². The highest BCUT2D eigenvalue weighted by atomic mass is 16.3. The summed E-state index contributed by atoms with van der Waals surface area (Å²) in [4.78, 5) is 0. The molecule has 0 spiro atoms. The molecule has 0 bridgehead atoms. The van der Waals surface area contributed by atoms with Crippen molar-refractivity contribution in [2.75, 3.05) is 0 Å². The van der Waals surface area contributed by atoms with Crippen molar-refractivity contribution in [3.8, 4) is 22.3 Å². The number of allylic oxidation sites excluding steroid dienone is 2. The van der Waals surface area contributed by atoms with Crippen LogP contribution in [0, 0.1) is 5.92 Å². The molecule has 0 amide bonds. The van der Waals surface area contributed by atoms with Crippen molar-refractivity contribution in [1.29, 1.82) is 0 Å². The first-order chi connectivity index (χ1) is 27.6. The molecule has 10 aromatic rings. The van der Waals surface area contributed by atoms with E-state index in [-0.39, 0.29) is 11.8 Å². The Morgan fingerprint density at radius 3 is 2.02 bits per heavy atom. The smallest absolute Gasteiger partial charge is 0.136 e. The topological polar surface area (TPSA) is 26.3 Å². The Hall–Kier alpha value is -6.38. The van der Waals surface area contributed by atoms with E-state index in [2.05, 4.69) is 178 Å². The average molecular weight is 723 g/mol. The summed E-state index contributed by atoms with van der Waals surface area (Å²) in [5.74, 6) is 1.93. The largest absolute Gasteiger partial charge is 0.460 e. The van der Waals surface area contributed by atoms with Gasteiger partial charge in [-0.1, -0.05) is 160 Å². The van der Waals surface area contributed by atoms with Gasteiger partial charge in [0.1, 0.15) is 22.5 Å². The Balaban J connectivity index is 1.14. The molecule has 2 aromatic heterocycles. The van der Waals surface area contributed by atoms with Crippen molar-refractivity contribution in [2.24, 2.45) is 5.92 Å². The van der Waals surface area contributed by atoms with Gasteiger partial charge in [0.05, 0.1) is 0 Å². The van der Waals surface area contributed by atoms with Crippen LogP contribution in [0.25, 0.3) is 82.3 Å². The summed E-state index contributed by atoms with van der Waals surface area (Å²) >= 11 is 0. The summed E-state index contributed by atoms with van der Waals surface area (Å²) < 4.78 is 13.8. The maximum absolute atomic E-state index is 7.29. The summed E-state index contributed by atoms with van der Waals surface area (Å²) in [5, 5.41) is 8.55. The highest BCUT2D eigenvalue weighted by Gasteiger charge is 2.34. The molecule has 0 radical (unpaired) electrons. The molecule has 3 atom stereocenters. The monoisotopic (exact) mass is 722 g/mol. The summed E-state index contributed by atoms with van der Waals surface area (Å²) in [5.41, 5.74) is 13.0. The van der Waals surface area contributed by atoms with E-state index in [1.165, 1.54) is 76.7 Å². The molecule has 0 saturated carbocycles. The lowest BCUT2D eigenvalue weighted by Gasteiger charge is -2.27. The quantitative estimate of drug-likeness (QED) is 0.165. The van der Waals surface area contributed by atoms with Gasteiger partial charge < -0.3 is 8.83 Å². The van der Waals surface area contributed by atoms with Gasteiger partial charge >= 0.3 is 0 Å². The van der Waals surface area contributed by atoms with Crippen LogP contribution < -0.4 is 0 Å². The molecular weight excluding hydrogens is 681 g/mol. The van der Waals surface area contributed by atoms with Crippen LogP contribution in [0.2, 0.25) is 0 Å². The molecule has 1 aliphatic carbocycles. The first kappa shape index (κ1) is 33.0. The standard InChI is InChI=1S/C54H42O2/c1-3-34-30-38(35-14-7-4-8-15-35)23-22-33(2)49-44-27-25-40(32-48(44)56-54(49)50(34)37-18-11-6-12-19-37)41-28-29-47-53-51(41)45-31-39(36-16-9-5-10-17-36)24-26-42(45)43-20-13-21-46(55-47)52(43)53/h4-21,23-29,31-34,50H,3,22,30H2,1-2H3/b38-23-/t33-,34?,50?/m1/s1. The third-order valence-corrected chi connectivity index (χ3v) is 12.7. The van der Waals surface area contributed by atoms with Crippen molar-refractivity contribution < 1.29 is 8.83 Å². The third kappa shape index (κ3) is 5.16. The lowest BCUT2D eigenvalue weighted by atomic mass is 9.77. The minimum absolute atomic E-state index is 0.135. The van der Waals surface area contributed by atoms with Crippen LogP contribution in [0.4, 0.5) is 0 Å². The van der Waals surface area contributed by atoms with E-state index in [9.17, 15) is 0 Å². The molecule has 8 aromatic carbocycles. The SMILES string of the molecule is CCC1C/C(c2ccccc2)=C/C[C@@H](C)c2c(oc3cc(-c4ccc5oc6cccc7c8ccc(-c9ccccc9)cc8c4c5c67)ccc23)C1c1ccccc1. The fourth-order valence-corrected chi connectivity index (χ4v) is 9.98. The molecule has 2 heteroatoms. The van der Waals surface area contributed by atoms with Gasteiger partial charge in [-0.05, 0) is 104 Å². The molecule has 11 rings (SSSR count). The molecule has 0 aliphatic heterocycles. The summed E-state index contributed by atoms with van der Waals surface area (Å²) in [6.45, 7) is 4.73. The molecule has 0 saturated heterocycles. The highest BCUT2D eigenvalue weighted by Crippen LogP contribution is 2.50. The molecule has 1 aliphatic rings. The molecule has 0 N–H and O–H groups in total. The zero-order valence-electron chi connectivity index (χ0n) is 31.8. The second kappa shape index (κ2) is 13.1. The van der Waals surface area contributed by atoms with Crippen molar-refractivity contribution in [3.63, 3.8) is 0 Å². The van der Waals surface area contributed by atoms with E-state index in [4.69, 9.17) is 8.83 Å². The van der Waals surface area contributed by atoms with Gasteiger partial charge in [-0.2, -0.15) is 0 Å². The van der Waals surface area contributed by atoms with Crippen molar-refractivity contribution >= 4 is 60.0 Å². The van der Waals surface area contributed by atoms with Gasteiger partial charge in [0.25, 0.3) is 0 Å². The normalized spacial score (nSPS) is 18.6. The second-order valence-electron chi connectivity index (χ2n) is 15.9. The average Bonchev–Trinajstić information content (AvgIpc) is 3.84. The van der Waals surface area contributed by atoms with Gasteiger partial charge in [0.2, 0.25) is 0 Å². The van der Waals surface area contributed by atoms with Gasteiger partial charge in [0.15, 0.2) is 0 Å². The number of fused-ring (bicyclic) bond motifs is 6. The Labute approximate surface area is 327 Å². The van der Waals surface area contributed by atoms with Crippen molar-refractivity contribution in [2.45, 2.75) is 44.9 Å². The van der Waals surface area contributed by atoms with Crippen LogP contribution in [0.3, 0.4) is 0 Å². The minimum atomic E-state index is 0.135. The van der Waals surface area contributed by atoms with E-state index < -0.39 is 0 Å². The Kier molecular flexibility index (Phi) is 7.74. The molecule has 2 heterocycles. The van der Waals surface area contributed by atoms with Gasteiger partial charge in [-0.15, -0.1) is 0 Å². The lowest BCUT2D eigenvalue weighted by molar-refractivity contribution is 0.396. The first-order valence-electron chi connectivity index (χ1n) is 20.2. The zero-order chi connectivity index (χ0) is 37.3. The summed E-state index contributed by atoms with van der Waals surface area (Å²) in [7, 11) is 0. The van der Waals surface area contributed by atoms with Crippen molar-refractivity contribution in [3.05, 3.63) is 186 Å². The van der Waals surface area contributed by atoms with Crippen LogP contribution in [0.15, 0.2) is 173 Å². The molecule has 270 valence electrons. The second-order valence-corrected chi connectivity index (χ2v) is 15.9. The molecule has 2 nitrogen and oxygen atoms in total. The predicted molar refractivity (Wildman–Crippen MR) is 235 cm³/mol. The van der Waals surface area contributed by atoms with Crippen molar-refractivity contribution in [1.82, 2.24) is 0 Å². The van der Waals surface area contributed by atoms with Crippen LogP contribution in [-0.2, 0) is 0 Å². The van der Waals surface area contributed by atoms with Gasteiger partial charge in [-0.25, -0.2) is 0 Å². The number of rotatable bonds is 5. The van der Waals surface area contributed by atoms with Gasteiger partial charge in [0, 0.05) is 33.0 Å². The van der Waals surface area contributed by atoms with Gasteiger partial charge in [-0.3, -0.25) is 0 Å². The fraction of sp³-hybridized carbons (Fsp3) is 0.148. The highest BCUT2D eigenvalue weighted by molar-refractivity contribution is 6.35. The van der Waals surface area contributed by atoms with Crippen LogP contribution >= 0.6 is 0 Å². The Morgan fingerprint density at radius 1 is 0.518 bits per heavy atom. The van der Waals surface area contributed by atoms with Crippen LogP contribution in [0.1, 0.15) is 67.4 Å². The number of benzene rings is 8. The number of hydrogen-bond acceptors (Lipinski definition) is 2. The van der Waals surface area contributed by atoms with E-state index in [1.807, 2.05) is 0 Å². The maximum atomic E-state index is 7.29. The number of hydrogen-bond donors (Lipinski definition) is 0. The van der Waals surface area contributed by atoms with E-state index in [0.717, 1.165) is 47.3 Å². The van der Waals surface area contributed by atoms with E-state index >= 15 is 0 Å². The zero-order valence-corrected chi connectivity index (χ0v) is 31.8. The minimum Gasteiger partial charge on any atom is -0.460 e. The fourth-order valence-electron chi connectivity index (χ4n) is 9.98. The van der Waals surface area contributed by atoms with E-state index in [1.54, 1.807) is 0 Å².